The Balaban J connectivity index is 0. The van der Waals surface area contributed by atoms with Crippen molar-refractivity contribution in [2.75, 3.05) is 5.75 Å². The van der Waals surface area contributed by atoms with Crippen LogP contribution in [0.3, 0.4) is 0 Å². The third-order valence-electron chi connectivity index (χ3n) is 0.748. The van der Waals surface area contributed by atoms with E-state index in [-0.39, 0.29) is 57.1 Å². The molecular weight excluding hydrogens is 183 g/mol. The summed E-state index contributed by atoms with van der Waals surface area (Å²) in [6.45, 7) is 1.93. The van der Waals surface area contributed by atoms with Crippen LogP contribution in [0.1, 0.15) is 19.8 Å². The summed E-state index contributed by atoms with van der Waals surface area (Å²) in [4.78, 5) is 0. The molecule has 0 amide bonds. The van der Waals surface area contributed by atoms with Crippen LogP contribution in [-0.4, -0.2) is 14.5 Å². The zero-order valence-corrected chi connectivity index (χ0v) is 10.5. The molecule has 0 heterocycles. The average Bonchev–Trinajstić information content (AvgIpc) is 1.59. The number of hydrogen-bond acceptors (Lipinski definition) is 3. The zero-order chi connectivity index (χ0) is 6.62. The maximum atomic E-state index is 10.2. The van der Waals surface area contributed by atoms with Gasteiger partial charge in [0.05, 0.1) is 0 Å². The molecule has 0 aliphatic heterocycles. The van der Waals surface area contributed by atoms with E-state index >= 15 is 0 Å². The van der Waals surface area contributed by atoms with E-state index in [0.717, 1.165) is 6.42 Å². The van der Waals surface area contributed by atoms with Crippen LogP contribution in [0, 0.1) is 0 Å². The van der Waals surface area contributed by atoms with Gasteiger partial charge < -0.3 is 4.55 Å². The van der Waals surface area contributed by atoms with Crippen molar-refractivity contribution < 1.29 is 60.1 Å². The third-order valence-corrected chi connectivity index (χ3v) is 2.04. The molecule has 0 saturated carbocycles. The van der Waals surface area contributed by atoms with Gasteiger partial charge in [-0.1, -0.05) is 13.3 Å². The second-order valence-corrected chi connectivity index (χ2v) is 4.66. The topological polar surface area (TPSA) is 40.1 Å². The van der Waals surface area contributed by atoms with E-state index in [1.54, 1.807) is 0 Å². The quantitative estimate of drug-likeness (QED) is 0.471. The smallest absolute Gasteiger partial charge is 0.769 e. The third kappa shape index (κ3) is 13.0. The van der Waals surface area contributed by atoms with E-state index in [2.05, 4.69) is 11.2 Å². The van der Waals surface area contributed by atoms with Crippen LogP contribution in [-0.2, 0) is 20.0 Å². The molecule has 0 spiro atoms. The Morgan fingerprint density at radius 1 is 1.67 bits per heavy atom. The summed E-state index contributed by atoms with van der Waals surface area (Å²) in [7, 11) is -3.10. The van der Waals surface area contributed by atoms with E-state index in [0.29, 0.717) is 6.42 Å². The van der Waals surface area contributed by atoms with Gasteiger partial charge in [0.1, 0.15) is 0 Å². The molecule has 2 nitrogen and oxygen atoms in total. The number of rotatable bonds is 3. The molecule has 50 valence electrons. The molecule has 0 rings (SSSR count). The summed E-state index contributed by atoms with van der Waals surface area (Å²) >= 11 is 4.12. The minimum Gasteiger partial charge on any atom is -0.769 e. The Kier molecular flexibility index (Phi) is 10.0. The maximum absolute atomic E-state index is 10.2. The summed E-state index contributed by atoms with van der Waals surface area (Å²) in [6.07, 6.45) is 1.57. The molecule has 0 aromatic carbocycles. The molecule has 0 fully saturated rings. The fraction of sp³-hybridized carbons (Fsp3) is 1.00. The second kappa shape index (κ2) is 6.66. The van der Waals surface area contributed by atoms with Gasteiger partial charge >= 0.3 is 51.4 Å². The van der Waals surface area contributed by atoms with Gasteiger partial charge in [-0.25, -0.2) is 0 Å². The van der Waals surface area contributed by atoms with Crippen LogP contribution >= 0.6 is 0 Å². The summed E-state index contributed by atoms with van der Waals surface area (Å²) in [5, 5.41) is 0. The molecule has 0 bridgehead atoms. The average molecular weight is 192 g/mol. The zero-order valence-electron chi connectivity index (χ0n) is 5.75. The molecule has 5 heteroatoms. The Hall–Kier alpha value is 1.97. The predicted molar refractivity (Wildman–Crippen MR) is 36.1 cm³/mol. The molecule has 9 heavy (non-hydrogen) atoms. The van der Waals surface area contributed by atoms with Crippen molar-refractivity contribution in [2.24, 2.45) is 0 Å². The van der Waals surface area contributed by atoms with Gasteiger partial charge in [0.25, 0.3) is 0 Å². The molecule has 0 aromatic rings. The first-order valence-electron chi connectivity index (χ1n) is 2.50. The van der Waals surface area contributed by atoms with Crippen molar-refractivity contribution in [3.63, 3.8) is 0 Å². The fourth-order valence-corrected chi connectivity index (χ4v) is 1.32. The van der Waals surface area contributed by atoms with Crippen molar-refractivity contribution >= 4 is 20.0 Å². The van der Waals surface area contributed by atoms with Crippen LogP contribution in [0.25, 0.3) is 0 Å². The molecule has 0 aliphatic rings. The summed E-state index contributed by atoms with van der Waals surface area (Å²) in [5.74, 6) is 0.152. The Bertz CT molecular complexity index is 141. The summed E-state index contributed by atoms with van der Waals surface area (Å²) < 4.78 is 20.4. The first-order valence-corrected chi connectivity index (χ1v) is 5.07. The van der Waals surface area contributed by atoms with E-state index < -0.39 is 8.77 Å². The van der Waals surface area contributed by atoms with E-state index in [4.69, 9.17) is 0 Å². The molecule has 0 aliphatic carbocycles. The van der Waals surface area contributed by atoms with E-state index in [1.165, 1.54) is 0 Å². The molecule has 0 radical (unpaired) electrons. The van der Waals surface area contributed by atoms with Gasteiger partial charge in [-0.2, -0.15) is 0 Å². The van der Waals surface area contributed by atoms with Gasteiger partial charge in [0.15, 0.2) is 0 Å². The van der Waals surface area contributed by atoms with Crippen molar-refractivity contribution in [1.82, 2.24) is 0 Å². The molecule has 0 saturated heterocycles. The molecule has 1 unspecified atom stereocenters. The molecule has 1 atom stereocenters. The monoisotopic (exact) mass is 192 g/mol. The first kappa shape index (κ1) is 13.5. The predicted octanol–water partition coefficient (Wildman–Crippen LogP) is -2.33. The van der Waals surface area contributed by atoms with E-state index in [9.17, 15) is 8.76 Å². The summed E-state index contributed by atoms with van der Waals surface area (Å²) in [6, 6.07) is 0. The Morgan fingerprint density at radius 2 is 2.11 bits per heavy atom. The van der Waals surface area contributed by atoms with Crippen LogP contribution < -0.4 is 51.4 Å². The standard InChI is InChI=1S/C4H10O2S2.K/c1-2-3-4-8(5,6)7;/h2-4H2,1H3,(H,5,6,7);/q;+1/p-1. The normalized spacial score (nSPS) is 15.8. The number of hydrogen-bond donors (Lipinski definition) is 0. The van der Waals surface area contributed by atoms with Crippen molar-refractivity contribution in [3.8, 4) is 0 Å². The molecule has 0 N–H and O–H groups in total. The minimum absolute atomic E-state index is 0. The second-order valence-electron chi connectivity index (χ2n) is 1.62. The van der Waals surface area contributed by atoms with Crippen molar-refractivity contribution in [2.45, 2.75) is 19.8 Å². The van der Waals surface area contributed by atoms with Crippen LogP contribution in [0.2, 0.25) is 0 Å². The van der Waals surface area contributed by atoms with Gasteiger partial charge in [-0.3, -0.25) is 4.21 Å². The van der Waals surface area contributed by atoms with Crippen molar-refractivity contribution in [1.29, 1.82) is 0 Å². The van der Waals surface area contributed by atoms with Gasteiger partial charge in [0.2, 0.25) is 0 Å². The molecular formula is C4H9KO2S2. The minimum atomic E-state index is -3.10. The summed E-state index contributed by atoms with van der Waals surface area (Å²) in [5.41, 5.74) is 0. The first-order chi connectivity index (χ1) is 3.56. The Morgan fingerprint density at radius 3 is 2.22 bits per heavy atom. The van der Waals surface area contributed by atoms with Crippen LogP contribution in [0.4, 0.5) is 0 Å². The van der Waals surface area contributed by atoms with Crippen LogP contribution in [0.5, 0.6) is 0 Å². The van der Waals surface area contributed by atoms with Crippen molar-refractivity contribution in [3.05, 3.63) is 0 Å². The van der Waals surface area contributed by atoms with Crippen LogP contribution in [0.15, 0.2) is 0 Å². The largest absolute Gasteiger partial charge is 1.00 e. The Labute approximate surface area is 104 Å². The fourth-order valence-electron chi connectivity index (χ4n) is 0.321. The van der Waals surface area contributed by atoms with Gasteiger partial charge in [0, 0.05) is 5.75 Å². The number of unbranched alkanes of at least 4 members (excludes halogenated alkanes) is 1. The SMILES string of the molecule is CCCCS(=O)([O-])=S.[K+]. The van der Waals surface area contributed by atoms with Gasteiger partial charge in [-0.15, -0.1) is 0 Å². The maximum Gasteiger partial charge on any atom is 1.00 e. The van der Waals surface area contributed by atoms with Gasteiger partial charge in [-0.05, 0) is 26.4 Å². The van der Waals surface area contributed by atoms with E-state index in [1.807, 2.05) is 6.92 Å². The molecule has 0 aromatic heterocycles.